The first kappa shape index (κ1) is 16.3. The van der Waals surface area contributed by atoms with Crippen molar-refractivity contribution < 1.29 is 14.6 Å². The first-order chi connectivity index (χ1) is 10.3. The van der Waals surface area contributed by atoms with E-state index in [1.807, 2.05) is 18.2 Å². The highest BCUT2D eigenvalue weighted by molar-refractivity contribution is 5.28. The molecule has 0 aliphatic heterocycles. The fraction of sp³-hybridized carbons (Fsp3) is 0.647. The van der Waals surface area contributed by atoms with Crippen LogP contribution in [-0.4, -0.2) is 37.1 Å². The quantitative estimate of drug-likeness (QED) is 0.616. The van der Waals surface area contributed by atoms with Gasteiger partial charge < -0.3 is 19.9 Å². The van der Waals surface area contributed by atoms with Gasteiger partial charge in [-0.05, 0) is 37.0 Å². The van der Waals surface area contributed by atoms with Gasteiger partial charge in [-0.25, -0.2) is 0 Å². The molecule has 1 atom stereocenters. The van der Waals surface area contributed by atoms with E-state index in [0.29, 0.717) is 19.3 Å². The van der Waals surface area contributed by atoms with Crippen LogP contribution in [0.5, 0.6) is 5.75 Å². The van der Waals surface area contributed by atoms with E-state index in [4.69, 9.17) is 9.47 Å². The van der Waals surface area contributed by atoms with Crippen molar-refractivity contribution in [3.05, 3.63) is 29.8 Å². The Morgan fingerprint density at radius 1 is 1.33 bits per heavy atom. The van der Waals surface area contributed by atoms with Gasteiger partial charge >= 0.3 is 0 Å². The van der Waals surface area contributed by atoms with Crippen molar-refractivity contribution in [2.45, 2.75) is 51.3 Å². The molecule has 2 rings (SSSR count). The lowest BCUT2D eigenvalue weighted by molar-refractivity contribution is 0.0113. The second-order valence-electron chi connectivity index (χ2n) is 5.70. The van der Waals surface area contributed by atoms with Crippen molar-refractivity contribution >= 4 is 0 Å². The summed E-state index contributed by atoms with van der Waals surface area (Å²) in [6.45, 7) is 4.31. The maximum absolute atomic E-state index is 9.80. The summed E-state index contributed by atoms with van der Waals surface area (Å²) in [6, 6.07) is 8.73. The molecule has 0 bridgehead atoms. The van der Waals surface area contributed by atoms with Crippen molar-refractivity contribution in [1.82, 2.24) is 5.32 Å². The first-order valence-corrected chi connectivity index (χ1v) is 7.99. The third kappa shape index (κ3) is 6.93. The maximum atomic E-state index is 9.80. The van der Waals surface area contributed by atoms with Gasteiger partial charge in [0.15, 0.2) is 0 Å². The molecule has 1 aliphatic carbocycles. The van der Waals surface area contributed by atoms with Gasteiger partial charge in [-0.15, -0.1) is 0 Å². The van der Waals surface area contributed by atoms with E-state index in [2.05, 4.69) is 18.3 Å². The smallest absolute Gasteiger partial charge is 0.119 e. The van der Waals surface area contributed by atoms with Crippen LogP contribution < -0.4 is 10.1 Å². The van der Waals surface area contributed by atoms with Crippen LogP contribution in [0, 0.1) is 0 Å². The van der Waals surface area contributed by atoms with Crippen LogP contribution in [0.15, 0.2) is 24.3 Å². The number of aliphatic hydroxyl groups is 1. The van der Waals surface area contributed by atoms with Gasteiger partial charge in [-0.2, -0.15) is 0 Å². The summed E-state index contributed by atoms with van der Waals surface area (Å²) in [5.41, 5.74) is 1.22. The number of hydrogen-bond acceptors (Lipinski definition) is 4. The second-order valence-corrected chi connectivity index (χ2v) is 5.70. The first-order valence-electron chi connectivity index (χ1n) is 7.99. The minimum atomic E-state index is -0.574. The largest absolute Gasteiger partial charge is 0.491 e. The van der Waals surface area contributed by atoms with Crippen LogP contribution in [0.3, 0.4) is 0 Å². The van der Waals surface area contributed by atoms with Gasteiger partial charge in [-0.1, -0.05) is 25.5 Å². The summed E-state index contributed by atoms with van der Waals surface area (Å²) in [5, 5.41) is 13.3. The van der Waals surface area contributed by atoms with Gasteiger partial charge in [0.25, 0.3) is 0 Å². The van der Waals surface area contributed by atoms with Crippen molar-refractivity contribution in [3.63, 3.8) is 0 Å². The molecule has 4 heteroatoms. The summed E-state index contributed by atoms with van der Waals surface area (Å²) in [7, 11) is 0. The Bertz CT molecular complexity index is 407. The highest BCUT2D eigenvalue weighted by Gasteiger charge is 2.19. The van der Waals surface area contributed by atoms with Gasteiger partial charge in [0, 0.05) is 19.2 Å². The monoisotopic (exact) mass is 293 g/mol. The summed E-state index contributed by atoms with van der Waals surface area (Å²) >= 11 is 0. The SMILES string of the molecule is CCCCOCC(O)COc1cccc(CNC2CC2)c1. The molecular weight excluding hydrogens is 266 g/mol. The van der Waals surface area contributed by atoms with E-state index < -0.39 is 6.10 Å². The number of ether oxygens (including phenoxy) is 2. The van der Waals surface area contributed by atoms with Crippen LogP contribution in [0.2, 0.25) is 0 Å². The molecule has 118 valence electrons. The maximum Gasteiger partial charge on any atom is 0.119 e. The van der Waals surface area contributed by atoms with Crippen molar-refractivity contribution in [3.8, 4) is 5.75 Å². The van der Waals surface area contributed by atoms with E-state index in [0.717, 1.165) is 25.1 Å². The molecule has 0 aromatic heterocycles. The molecule has 0 spiro atoms. The molecule has 21 heavy (non-hydrogen) atoms. The second kappa shape index (κ2) is 9.03. The third-order valence-corrected chi connectivity index (χ3v) is 3.47. The summed E-state index contributed by atoms with van der Waals surface area (Å²) in [5.74, 6) is 0.803. The molecule has 1 aromatic carbocycles. The molecular formula is C17H27NO3. The Morgan fingerprint density at radius 3 is 2.95 bits per heavy atom. The predicted octanol–water partition coefficient (Wildman–Crippen LogP) is 2.50. The molecule has 0 saturated heterocycles. The van der Waals surface area contributed by atoms with E-state index in [9.17, 15) is 5.11 Å². The number of rotatable bonds is 11. The molecule has 0 radical (unpaired) electrons. The van der Waals surface area contributed by atoms with Crippen LogP contribution in [-0.2, 0) is 11.3 Å². The van der Waals surface area contributed by atoms with Crippen molar-refractivity contribution in [2.24, 2.45) is 0 Å². The molecule has 0 amide bonds. The molecule has 1 aliphatic rings. The average molecular weight is 293 g/mol. The Kier molecular flexibility index (Phi) is 7.00. The molecule has 1 unspecified atom stereocenters. The van der Waals surface area contributed by atoms with Crippen LogP contribution >= 0.6 is 0 Å². The van der Waals surface area contributed by atoms with E-state index in [1.165, 1.54) is 18.4 Å². The summed E-state index contributed by atoms with van der Waals surface area (Å²) < 4.78 is 11.0. The van der Waals surface area contributed by atoms with E-state index in [1.54, 1.807) is 0 Å². The topological polar surface area (TPSA) is 50.7 Å². The fourth-order valence-corrected chi connectivity index (χ4v) is 2.00. The van der Waals surface area contributed by atoms with Gasteiger partial charge in [0.2, 0.25) is 0 Å². The highest BCUT2D eigenvalue weighted by Crippen LogP contribution is 2.20. The lowest BCUT2D eigenvalue weighted by Gasteiger charge is -2.13. The Morgan fingerprint density at radius 2 is 2.19 bits per heavy atom. The Hall–Kier alpha value is -1.10. The van der Waals surface area contributed by atoms with Crippen LogP contribution in [0.4, 0.5) is 0 Å². The van der Waals surface area contributed by atoms with Crippen molar-refractivity contribution in [2.75, 3.05) is 19.8 Å². The Balaban J connectivity index is 1.65. The zero-order valence-corrected chi connectivity index (χ0v) is 12.9. The lowest BCUT2D eigenvalue weighted by atomic mass is 10.2. The molecule has 0 heterocycles. The summed E-state index contributed by atoms with van der Waals surface area (Å²) in [6.07, 6.45) is 4.15. The van der Waals surface area contributed by atoms with Crippen molar-refractivity contribution in [1.29, 1.82) is 0 Å². The zero-order chi connectivity index (χ0) is 14.9. The molecule has 1 aromatic rings. The molecule has 2 N–H and O–H groups in total. The van der Waals surface area contributed by atoms with E-state index in [-0.39, 0.29) is 6.61 Å². The van der Waals surface area contributed by atoms with Gasteiger partial charge in [-0.3, -0.25) is 0 Å². The average Bonchev–Trinajstić information content (AvgIpc) is 3.32. The number of nitrogens with one attached hydrogen (secondary N) is 1. The predicted molar refractivity (Wildman–Crippen MR) is 83.5 cm³/mol. The number of hydrogen-bond donors (Lipinski definition) is 2. The number of unbranched alkanes of at least 4 members (excludes halogenated alkanes) is 1. The van der Waals surface area contributed by atoms with Gasteiger partial charge in [0.05, 0.1) is 6.61 Å². The zero-order valence-electron chi connectivity index (χ0n) is 12.9. The Labute approximate surface area is 127 Å². The standard InChI is InChI=1S/C17H27NO3/c1-2-3-9-20-12-16(19)13-21-17-6-4-5-14(10-17)11-18-15-7-8-15/h4-6,10,15-16,18-19H,2-3,7-9,11-13H2,1H3. The fourth-order valence-electron chi connectivity index (χ4n) is 2.00. The molecule has 4 nitrogen and oxygen atoms in total. The van der Waals surface area contributed by atoms with E-state index >= 15 is 0 Å². The normalized spacial score (nSPS) is 15.9. The minimum absolute atomic E-state index is 0.269. The molecule has 1 saturated carbocycles. The number of aliphatic hydroxyl groups excluding tert-OH is 1. The summed E-state index contributed by atoms with van der Waals surface area (Å²) in [4.78, 5) is 0. The minimum Gasteiger partial charge on any atom is -0.491 e. The van der Waals surface area contributed by atoms with Crippen LogP contribution in [0.25, 0.3) is 0 Å². The molecule has 1 fully saturated rings. The van der Waals surface area contributed by atoms with Crippen LogP contribution in [0.1, 0.15) is 38.2 Å². The number of benzene rings is 1. The third-order valence-electron chi connectivity index (χ3n) is 3.47. The highest BCUT2D eigenvalue weighted by atomic mass is 16.5. The lowest BCUT2D eigenvalue weighted by Crippen LogP contribution is -2.23. The van der Waals surface area contributed by atoms with Gasteiger partial charge in [0.1, 0.15) is 18.5 Å².